The SMILES string of the molecule is COc1ccc2c(c1)C=C(C[N+]1([O-])C3CN(C)C34CC41)CN1C3=CC(C(=O)NS(=O)(=O)C4CC4)=CCC3C(C3CCCCC3)=C21. The first kappa shape index (κ1) is 28.3. The van der Waals surface area contributed by atoms with Crippen LogP contribution in [-0.4, -0.2) is 85.4 Å². The maximum Gasteiger partial charge on any atom is 0.264 e. The molecule has 1 amide bonds. The largest absolute Gasteiger partial charge is 0.632 e. The molecule has 4 aliphatic carbocycles. The van der Waals surface area contributed by atoms with Gasteiger partial charge in [-0.2, -0.15) is 0 Å². The number of ether oxygens (including phenoxy) is 1. The van der Waals surface area contributed by atoms with Gasteiger partial charge in [0.2, 0.25) is 10.0 Å². The highest BCUT2D eigenvalue weighted by molar-refractivity contribution is 7.91. The van der Waals surface area contributed by atoms with Crippen LogP contribution in [0.15, 0.2) is 52.8 Å². The van der Waals surface area contributed by atoms with E-state index in [-0.39, 0.29) is 28.2 Å². The molecule has 2 saturated heterocycles. The zero-order chi connectivity index (χ0) is 30.9. The zero-order valence-corrected chi connectivity index (χ0v) is 26.9. The molecule has 9 nitrogen and oxygen atoms in total. The Labute approximate surface area is 265 Å². The Balaban J connectivity index is 1.13. The van der Waals surface area contributed by atoms with Crippen molar-refractivity contribution in [3.8, 4) is 5.75 Å². The standard InChI is InChI=1S/C35H42N4O5S/c1-37-19-31-35(37)17-30(35)39(31,41)20-21-14-24-15-25(44-2)9-13-27(24)33-32(22-6-4-3-5-7-22)28-12-8-23(16-29(28)38(33)18-21)34(40)36-45(42,43)26-10-11-26/h8-9,13-16,22,26,28,30-31H,3-7,10-12,17-20H2,1-2H3,(H,36,40). The molecule has 1 spiro atoms. The van der Waals surface area contributed by atoms with E-state index in [4.69, 9.17) is 4.74 Å². The predicted molar refractivity (Wildman–Crippen MR) is 172 cm³/mol. The van der Waals surface area contributed by atoms with Gasteiger partial charge < -0.3 is 19.5 Å². The maximum atomic E-state index is 14.4. The number of nitrogens with one attached hydrogen (secondary N) is 1. The average molecular weight is 631 g/mol. The van der Waals surface area contributed by atoms with Crippen LogP contribution in [0, 0.1) is 17.0 Å². The second kappa shape index (κ2) is 9.56. The quantitative estimate of drug-likeness (QED) is 0.354. The molecule has 4 heterocycles. The summed E-state index contributed by atoms with van der Waals surface area (Å²) in [5, 5.41) is 13.9. The fourth-order valence-electron chi connectivity index (χ4n) is 9.90. The Bertz CT molecular complexity index is 1750. The number of quaternary nitrogens is 1. The van der Waals surface area contributed by atoms with E-state index in [2.05, 4.69) is 39.8 Å². The fourth-order valence-corrected chi connectivity index (χ4v) is 11.2. The van der Waals surface area contributed by atoms with Crippen LogP contribution in [0.3, 0.4) is 0 Å². The van der Waals surface area contributed by atoms with Gasteiger partial charge in [-0.05, 0) is 86.6 Å². The van der Waals surface area contributed by atoms with Crippen LogP contribution in [0.25, 0.3) is 11.8 Å². The van der Waals surface area contributed by atoms with Gasteiger partial charge in [0.25, 0.3) is 5.91 Å². The number of likely N-dealkylation sites (tertiary alicyclic amines) is 2. The molecule has 3 saturated carbocycles. The minimum absolute atomic E-state index is 0.129. The second-order valence-electron chi connectivity index (χ2n) is 14.8. The summed E-state index contributed by atoms with van der Waals surface area (Å²) in [6.45, 7) is 1.91. The molecule has 10 heteroatoms. The molecule has 238 valence electrons. The highest BCUT2D eigenvalue weighted by atomic mass is 32.2. The molecule has 8 aliphatic rings. The van der Waals surface area contributed by atoms with Crippen molar-refractivity contribution in [1.82, 2.24) is 14.5 Å². The lowest BCUT2D eigenvalue weighted by molar-refractivity contribution is -0.964. The summed E-state index contributed by atoms with van der Waals surface area (Å²) in [7, 11) is 0.186. The maximum absolute atomic E-state index is 14.4. The third-order valence-corrected chi connectivity index (χ3v) is 14.2. The number of nitrogens with zero attached hydrogens (tertiary/aromatic N) is 3. The first-order chi connectivity index (χ1) is 21.6. The molecule has 45 heavy (non-hydrogen) atoms. The number of amides is 1. The van der Waals surface area contributed by atoms with Gasteiger partial charge in [-0.3, -0.25) is 9.69 Å². The number of likely N-dealkylation sites (N-methyl/N-ethyl adjacent to an activating group) is 1. The molecule has 5 fully saturated rings. The van der Waals surface area contributed by atoms with Crippen LogP contribution in [0.5, 0.6) is 5.75 Å². The van der Waals surface area contributed by atoms with Crippen LogP contribution in [0.4, 0.5) is 0 Å². The number of allylic oxidation sites excluding steroid dienone is 2. The van der Waals surface area contributed by atoms with E-state index in [1.165, 1.54) is 30.5 Å². The molecule has 1 N–H and O–H groups in total. The van der Waals surface area contributed by atoms with Crippen LogP contribution in [0.2, 0.25) is 0 Å². The van der Waals surface area contributed by atoms with Gasteiger partial charge in [-0.25, -0.2) is 13.1 Å². The van der Waals surface area contributed by atoms with Crippen molar-refractivity contribution in [3.63, 3.8) is 0 Å². The van der Waals surface area contributed by atoms with E-state index >= 15 is 0 Å². The van der Waals surface area contributed by atoms with E-state index in [1.54, 1.807) is 7.11 Å². The first-order valence-corrected chi connectivity index (χ1v) is 18.4. The molecule has 0 aromatic heterocycles. The van der Waals surface area contributed by atoms with Crippen molar-refractivity contribution in [3.05, 3.63) is 69.1 Å². The normalized spacial score (nSPS) is 35.2. The number of benzene rings is 1. The van der Waals surface area contributed by atoms with Gasteiger partial charge in [0.15, 0.2) is 0 Å². The summed E-state index contributed by atoms with van der Waals surface area (Å²) in [4.78, 5) is 18.1. The summed E-state index contributed by atoms with van der Waals surface area (Å²) < 4.78 is 33.2. The van der Waals surface area contributed by atoms with Crippen LogP contribution < -0.4 is 9.46 Å². The number of carbonyl (C=O) groups is 1. The van der Waals surface area contributed by atoms with Gasteiger partial charge in [0.1, 0.15) is 29.9 Å². The number of hydroxylamine groups is 3. The minimum atomic E-state index is -3.65. The highest BCUT2D eigenvalue weighted by Gasteiger charge is 2.88. The second-order valence-corrected chi connectivity index (χ2v) is 16.8. The van der Waals surface area contributed by atoms with Gasteiger partial charge >= 0.3 is 0 Å². The Kier molecular flexibility index (Phi) is 6.02. The third-order valence-electron chi connectivity index (χ3n) is 12.4. The van der Waals surface area contributed by atoms with Gasteiger partial charge in [-0.1, -0.05) is 25.3 Å². The Morgan fingerprint density at radius 1 is 1.13 bits per heavy atom. The fraction of sp³-hybridized carbons (Fsp3) is 0.571. The van der Waals surface area contributed by atoms with Gasteiger partial charge in [0.05, 0.1) is 18.9 Å². The number of carbonyl (C=O) groups excluding carboxylic acids is 1. The van der Waals surface area contributed by atoms with Gasteiger partial charge in [-0.15, -0.1) is 0 Å². The molecule has 0 radical (unpaired) electrons. The van der Waals surface area contributed by atoms with Crippen molar-refractivity contribution in [2.45, 2.75) is 80.7 Å². The number of sulfonamides is 1. The molecular formula is C35H42N4O5S. The molecule has 1 aromatic rings. The molecule has 9 rings (SSSR count). The Morgan fingerprint density at radius 3 is 2.62 bits per heavy atom. The number of hydrogen-bond acceptors (Lipinski definition) is 7. The molecule has 1 aromatic carbocycles. The summed E-state index contributed by atoms with van der Waals surface area (Å²) in [5.74, 6) is 0.833. The molecule has 5 unspecified atom stereocenters. The minimum Gasteiger partial charge on any atom is -0.632 e. The van der Waals surface area contributed by atoms with E-state index in [9.17, 15) is 18.4 Å². The lowest BCUT2D eigenvalue weighted by atomic mass is 9.75. The Morgan fingerprint density at radius 2 is 1.93 bits per heavy atom. The highest BCUT2D eigenvalue weighted by Crippen LogP contribution is 2.69. The lowest BCUT2D eigenvalue weighted by Gasteiger charge is -2.68. The predicted octanol–water partition coefficient (Wildman–Crippen LogP) is 4.29. The van der Waals surface area contributed by atoms with E-state index in [1.807, 2.05) is 18.2 Å². The molecule has 0 bridgehead atoms. The Hall–Kier alpha value is -2.92. The number of methoxy groups -OCH3 is 1. The number of piperazine rings is 1. The van der Waals surface area contributed by atoms with Gasteiger partial charge in [0, 0.05) is 47.0 Å². The van der Waals surface area contributed by atoms with Crippen molar-refractivity contribution < 1.29 is 22.6 Å². The van der Waals surface area contributed by atoms with Crippen molar-refractivity contribution in [2.24, 2.45) is 11.8 Å². The molecule has 5 atom stereocenters. The molecular weight excluding hydrogens is 588 g/mol. The zero-order valence-electron chi connectivity index (χ0n) is 26.1. The van der Waals surface area contributed by atoms with Crippen molar-refractivity contribution in [1.29, 1.82) is 0 Å². The molecule has 4 aliphatic heterocycles. The smallest absolute Gasteiger partial charge is 0.264 e. The summed E-state index contributed by atoms with van der Waals surface area (Å²) >= 11 is 0. The summed E-state index contributed by atoms with van der Waals surface area (Å²) in [5.41, 5.74) is 7.60. The van der Waals surface area contributed by atoms with E-state index in [0.29, 0.717) is 43.8 Å². The number of hydrogen-bond donors (Lipinski definition) is 1. The summed E-state index contributed by atoms with van der Waals surface area (Å²) in [6, 6.07) is 6.61. The number of rotatable bonds is 7. The van der Waals surface area contributed by atoms with Crippen molar-refractivity contribution >= 4 is 27.7 Å². The van der Waals surface area contributed by atoms with E-state index in [0.717, 1.165) is 54.0 Å². The topological polar surface area (TPSA) is 102 Å². The lowest BCUT2D eigenvalue weighted by Crippen LogP contribution is -2.84. The monoisotopic (exact) mass is 630 g/mol. The van der Waals surface area contributed by atoms with E-state index < -0.39 is 21.2 Å². The summed E-state index contributed by atoms with van der Waals surface area (Å²) in [6.07, 6.45) is 15.0. The van der Waals surface area contributed by atoms with Crippen LogP contribution in [0.1, 0.15) is 68.9 Å². The first-order valence-electron chi connectivity index (χ1n) is 16.8. The number of fused-ring (bicyclic) bond motifs is 5. The third kappa shape index (κ3) is 4.01. The van der Waals surface area contributed by atoms with Crippen molar-refractivity contribution in [2.75, 3.05) is 33.8 Å². The van der Waals surface area contributed by atoms with Crippen LogP contribution >= 0.6 is 0 Å². The average Bonchev–Trinajstić information content (AvgIpc) is 3.95. The van der Waals surface area contributed by atoms with Crippen LogP contribution in [-0.2, 0) is 14.8 Å².